The Bertz CT molecular complexity index is 152. The van der Waals surface area contributed by atoms with Crippen LogP contribution in [0.4, 0.5) is 0 Å². The highest BCUT2D eigenvalue weighted by Gasteiger charge is 2.17. The predicted molar refractivity (Wildman–Crippen MR) is 56.5 cm³/mol. The zero-order chi connectivity index (χ0) is 10.4. The van der Waals surface area contributed by atoms with Gasteiger partial charge in [0.15, 0.2) is 0 Å². The Balaban J connectivity index is 3.99. The molecular weight excluding hydrogens is 162 g/mol. The highest BCUT2D eigenvalue weighted by molar-refractivity contribution is 5.78. The van der Waals surface area contributed by atoms with E-state index in [9.17, 15) is 4.79 Å². The van der Waals surface area contributed by atoms with Crippen LogP contribution in [-0.4, -0.2) is 11.9 Å². The molecule has 1 unspecified atom stereocenters. The van der Waals surface area contributed by atoms with Gasteiger partial charge in [-0.1, -0.05) is 20.8 Å². The lowest BCUT2D eigenvalue weighted by atomic mass is 9.94. The van der Waals surface area contributed by atoms with Gasteiger partial charge in [-0.25, -0.2) is 0 Å². The van der Waals surface area contributed by atoms with Crippen molar-refractivity contribution in [1.29, 1.82) is 0 Å². The summed E-state index contributed by atoms with van der Waals surface area (Å²) in [6.45, 7) is 10.4. The molecule has 0 aliphatic carbocycles. The lowest BCUT2D eigenvalue weighted by molar-refractivity contribution is -0.126. The Labute approximate surface area is 82.1 Å². The topological polar surface area (TPSA) is 29.1 Å². The summed E-state index contributed by atoms with van der Waals surface area (Å²) in [6.07, 6.45) is 1.94. The minimum absolute atomic E-state index is 0.197. The van der Waals surface area contributed by atoms with Crippen LogP contribution in [0, 0.1) is 11.8 Å². The molecule has 1 atom stereocenters. The monoisotopic (exact) mass is 185 g/mol. The number of amides is 1. The molecule has 0 aliphatic rings. The summed E-state index contributed by atoms with van der Waals surface area (Å²) >= 11 is 0. The Morgan fingerprint density at radius 3 is 2.08 bits per heavy atom. The van der Waals surface area contributed by atoms with Crippen molar-refractivity contribution in [3.05, 3.63) is 0 Å². The van der Waals surface area contributed by atoms with Gasteiger partial charge in [-0.15, -0.1) is 0 Å². The summed E-state index contributed by atoms with van der Waals surface area (Å²) in [5, 5.41) is 2.96. The second-order valence-corrected chi connectivity index (χ2v) is 4.40. The van der Waals surface area contributed by atoms with Crippen molar-refractivity contribution in [2.75, 3.05) is 0 Å². The van der Waals surface area contributed by atoms with Crippen molar-refractivity contribution in [2.24, 2.45) is 11.8 Å². The van der Waals surface area contributed by atoms with Crippen LogP contribution >= 0.6 is 0 Å². The second kappa shape index (κ2) is 6.01. The van der Waals surface area contributed by atoms with Crippen molar-refractivity contribution >= 4 is 5.91 Å². The molecule has 0 radical (unpaired) electrons. The van der Waals surface area contributed by atoms with Crippen LogP contribution in [-0.2, 0) is 4.79 Å². The van der Waals surface area contributed by atoms with Crippen molar-refractivity contribution in [3.63, 3.8) is 0 Å². The smallest absolute Gasteiger partial charge is 0.223 e. The number of carbonyl (C=O) groups excluding carboxylic acids is 1. The fourth-order valence-corrected chi connectivity index (χ4v) is 1.43. The van der Waals surface area contributed by atoms with Crippen LogP contribution in [0.3, 0.4) is 0 Å². The van der Waals surface area contributed by atoms with Gasteiger partial charge in [-0.05, 0) is 32.6 Å². The highest BCUT2D eigenvalue weighted by Crippen LogP contribution is 2.15. The maximum Gasteiger partial charge on any atom is 0.223 e. The van der Waals surface area contributed by atoms with E-state index in [4.69, 9.17) is 0 Å². The molecule has 1 N–H and O–H groups in total. The Morgan fingerprint density at radius 2 is 1.77 bits per heavy atom. The SMILES string of the molecule is CCC(CC(C)C)C(=O)NC(C)C. The first-order valence-electron chi connectivity index (χ1n) is 5.27. The fourth-order valence-electron chi connectivity index (χ4n) is 1.43. The third-order valence-corrected chi connectivity index (χ3v) is 2.05. The van der Waals surface area contributed by atoms with Gasteiger partial charge in [-0.3, -0.25) is 4.79 Å². The van der Waals surface area contributed by atoms with E-state index in [1.807, 2.05) is 13.8 Å². The number of hydrogen-bond donors (Lipinski definition) is 1. The minimum Gasteiger partial charge on any atom is -0.354 e. The van der Waals surface area contributed by atoms with Gasteiger partial charge in [0.25, 0.3) is 0 Å². The summed E-state index contributed by atoms with van der Waals surface area (Å²) in [7, 11) is 0. The number of hydrogen-bond acceptors (Lipinski definition) is 1. The summed E-state index contributed by atoms with van der Waals surface area (Å²) < 4.78 is 0. The van der Waals surface area contributed by atoms with E-state index in [2.05, 4.69) is 26.1 Å². The second-order valence-electron chi connectivity index (χ2n) is 4.40. The third kappa shape index (κ3) is 5.67. The molecule has 0 aromatic rings. The lowest BCUT2D eigenvalue weighted by Crippen LogP contribution is -2.35. The van der Waals surface area contributed by atoms with E-state index >= 15 is 0 Å². The van der Waals surface area contributed by atoms with Crippen LogP contribution in [0.1, 0.15) is 47.5 Å². The van der Waals surface area contributed by atoms with Gasteiger partial charge in [0.05, 0.1) is 0 Å². The molecule has 13 heavy (non-hydrogen) atoms. The number of carbonyl (C=O) groups is 1. The van der Waals surface area contributed by atoms with Gasteiger partial charge in [-0.2, -0.15) is 0 Å². The first kappa shape index (κ1) is 12.5. The van der Waals surface area contributed by atoms with Crippen molar-refractivity contribution in [2.45, 2.75) is 53.5 Å². The molecular formula is C11H23NO. The molecule has 0 aromatic heterocycles. The Kier molecular flexibility index (Phi) is 5.76. The number of rotatable bonds is 5. The van der Waals surface area contributed by atoms with Crippen molar-refractivity contribution in [1.82, 2.24) is 5.32 Å². The average Bonchev–Trinajstić information content (AvgIpc) is 1.98. The zero-order valence-electron chi connectivity index (χ0n) is 9.55. The molecule has 0 saturated carbocycles. The molecule has 0 aromatic carbocycles. The van der Waals surface area contributed by atoms with E-state index in [1.165, 1.54) is 0 Å². The van der Waals surface area contributed by atoms with Gasteiger partial charge < -0.3 is 5.32 Å². The maximum atomic E-state index is 11.6. The molecule has 0 saturated heterocycles. The summed E-state index contributed by atoms with van der Waals surface area (Å²) in [6, 6.07) is 0.258. The van der Waals surface area contributed by atoms with Crippen LogP contribution in [0.15, 0.2) is 0 Å². The normalized spacial score (nSPS) is 13.5. The first-order chi connectivity index (χ1) is 5.97. The van der Waals surface area contributed by atoms with Crippen LogP contribution in [0.25, 0.3) is 0 Å². The van der Waals surface area contributed by atoms with E-state index in [0.717, 1.165) is 12.8 Å². The fraction of sp³-hybridized carbons (Fsp3) is 0.909. The number of nitrogens with one attached hydrogen (secondary N) is 1. The summed E-state index contributed by atoms with van der Waals surface area (Å²) in [5.41, 5.74) is 0. The maximum absolute atomic E-state index is 11.6. The molecule has 0 bridgehead atoms. The summed E-state index contributed by atoms with van der Waals surface area (Å²) in [5.74, 6) is 1.01. The Morgan fingerprint density at radius 1 is 1.23 bits per heavy atom. The first-order valence-corrected chi connectivity index (χ1v) is 5.27. The largest absolute Gasteiger partial charge is 0.354 e. The highest BCUT2D eigenvalue weighted by atomic mass is 16.1. The molecule has 2 nitrogen and oxygen atoms in total. The van der Waals surface area contributed by atoms with Gasteiger partial charge in [0.1, 0.15) is 0 Å². The summed E-state index contributed by atoms with van der Waals surface area (Å²) in [4.78, 5) is 11.6. The van der Waals surface area contributed by atoms with E-state index in [0.29, 0.717) is 5.92 Å². The van der Waals surface area contributed by atoms with Gasteiger partial charge in [0.2, 0.25) is 5.91 Å². The molecule has 0 rings (SSSR count). The molecule has 78 valence electrons. The molecule has 2 heteroatoms. The van der Waals surface area contributed by atoms with E-state index in [1.54, 1.807) is 0 Å². The molecule has 1 amide bonds. The quantitative estimate of drug-likeness (QED) is 0.701. The zero-order valence-corrected chi connectivity index (χ0v) is 9.55. The van der Waals surface area contributed by atoms with Crippen LogP contribution in [0.5, 0.6) is 0 Å². The van der Waals surface area contributed by atoms with E-state index < -0.39 is 0 Å². The standard InChI is InChI=1S/C11H23NO/c1-6-10(7-8(2)3)11(13)12-9(4)5/h8-10H,6-7H2,1-5H3,(H,12,13). The predicted octanol–water partition coefficient (Wildman–Crippen LogP) is 2.58. The molecule has 0 aliphatic heterocycles. The van der Waals surface area contributed by atoms with Crippen molar-refractivity contribution in [3.8, 4) is 0 Å². The minimum atomic E-state index is 0.197. The molecule has 0 heterocycles. The van der Waals surface area contributed by atoms with Crippen LogP contribution in [0.2, 0.25) is 0 Å². The lowest BCUT2D eigenvalue weighted by Gasteiger charge is -2.18. The van der Waals surface area contributed by atoms with Crippen molar-refractivity contribution < 1.29 is 4.79 Å². The van der Waals surface area contributed by atoms with Gasteiger partial charge >= 0.3 is 0 Å². The third-order valence-electron chi connectivity index (χ3n) is 2.05. The van der Waals surface area contributed by atoms with E-state index in [-0.39, 0.29) is 17.9 Å². The molecule has 0 fully saturated rings. The average molecular weight is 185 g/mol. The van der Waals surface area contributed by atoms with Gasteiger partial charge in [0, 0.05) is 12.0 Å². The Hall–Kier alpha value is -0.530. The molecule has 0 spiro atoms. The van der Waals surface area contributed by atoms with Crippen LogP contribution < -0.4 is 5.32 Å².